The number of nitrogens with zero attached hydrogens (tertiary/aromatic N) is 4. The molecule has 0 saturated carbocycles. The van der Waals surface area contributed by atoms with E-state index in [2.05, 4.69) is 32.8 Å². The summed E-state index contributed by atoms with van der Waals surface area (Å²) in [4.78, 5) is 32.2. The number of halogens is 2. The second-order valence-corrected chi connectivity index (χ2v) is 10.3. The van der Waals surface area contributed by atoms with Crippen molar-refractivity contribution in [1.29, 1.82) is 0 Å². The number of hydrogen-bond donors (Lipinski definition) is 0. The molecule has 0 bridgehead atoms. The summed E-state index contributed by atoms with van der Waals surface area (Å²) in [6, 6.07) is 21.1. The predicted octanol–water partition coefficient (Wildman–Crippen LogP) is 4.43. The molecular weight excluding hydrogens is 528 g/mol. The second kappa shape index (κ2) is 10.0. The summed E-state index contributed by atoms with van der Waals surface area (Å²) < 4.78 is 3.97. The molecular formula is C27H26BrClN4O2. The molecule has 3 aromatic carbocycles. The Morgan fingerprint density at radius 2 is 1.46 bits per heavy atom. The van der Waals surface area contributed by atoms with Gasteiger partial charge < -0.3 is 9.80 Å². The van der Waals surface area contributed by atoms with Gasteiger partial charge in [0.2, 0.25) is 0 Å². The minimum atomic E-state index is -0.346. The molecule has 0 spiro atoms. The SMILES string of the molecule is CN1CCN(c2cc(Cl)cc3c2c(=O)n(Cc2ccc(Br)cc2)c(=O)n3Cc2ccccc2)CC1. The highest BCUT2D eigenvalue weighted by molar-refractivity contribution is 9.10. The van der Waals surface area contributed by atoms with E-state index in [4.69, 9.17) is 11.6 Å². The van der Waals surface area contributed by atoms with Crippen LogP contribution in [-0.4, -0.2) is 47.3 Å². The van der Waals surface area contributed by atoms with Gasteiger partial charge in [0.05, 0.1) is 29.7 Å². The van der Waals surface area contributed by atoms with Gasteiger partial charge in [-0.1, -0.05) is 70.0 Å². The summed E-state index contributed by atoms with van der Waals surface area (Å²) in [5, 5.41) is 1.05. The fraction of sp³-hybridized carbons (Fsp3) is 0.259. The summed E-state index contributed by atoms with van der Waals surface area (Å²) in [6.45, 7) is 3.90. The Morgan fingerprint density at radius 3 is 2.14 bits per heavy atom. The quantitative estimate of drug-likeness (QED) is 0.367. The molecule has 8 heteroatoms. The van der Waals surface area contributed by atoms with Crippen molar-refractivity contribution < 1.29 is 0 Å². The van der Waals surface area contributed by atoms with Gasteiger partial charge >= 0.3 is 5.69 Å². The van der Waals surface area contributed by atoms with Crippen LogP contribution in [0.2, 0.25) is 5.02 Å². The van der Waals surface area contributed by atoms with Gasteiger partial charge in [0.15, 0.2) is 0 Å². The summed E-state index contributed by atoms with van der Waals surface area (Å²) in [5.74, 6) is 0. The third-order valence-corrected chi connectivity index (χ3v) is 7.30. The largest absolute Gasteiger partial charge is 0.368 e. The van der Waals surface area contributed by atoms with Crippen molar-refractivity contribution >= 4 is 44.1 Å². The van der Waals surface area contributed by atoms with Gasteiger partial charge in [0, 0.05) is 35.7 Å². The van der Waals surface area contributed by atoms with Crippen LogP contribution in [0, 0.1) is 0 Å². The van der Waals surface area contributed by atoms with Crippen LogP contribution in [0.4, 0.5) is 5.69 Å². The first kappa shape index (κ1) is 23.9. The molecule has 2 heterocycles. The Bertz CT molecular complexity index is 1470. The third kappa shape index (κ3) is 4.94. The van der Waals surface area contributed by atoms with Crippen molar-refractivity contribution in [3.63, 3.8) is 0 Å². The van der Waals surface area contributed by atoms with Crippen LogP contribution in [0.1, 0.15) is 11.1 Å². The van der Waals surface area contributed by atoms with Crippen LogP contribution in [0.5, 0.6) is 0 Å². The van der Waals surface area contributed by atoms with Gasteiger partial charge in [0.25, 0.3) is 5.56 Å². The number of anilines is 1. The molecule has 0 amide bonds. The van der Waals surface area contributed by atoms with Gasteiger partial charge in [-0.2, -0.15) is 0 Å². The first-order valence-electron chi connectivity index (χ1n) is 11.6. The lowest BCUT2D eigenvalue weighted by atomic mass is 10.1. The zero-order valence-electron chi connectivity index (χ0n) is 19.5. The predicted molar refractivity (Wildman–Crippen MR) is 146 cm³/mol. The maximum Gasteiger partial charge on any atom is 0.332 e. The molecule has 1 saturated heterocycles. The minimum absolute atomic E-state index is 0.195. The van der Waals surface area contributed by atoms with Crippen LogP contribution >= 0.6 is 27.5 Å². The average molecular weight is 554 g/mol. The normalized spacial score (nSPS) is 14.5. The van der Waals surface area contributed by atoms with Crippen molar-refractivity contribution in [2.45, 2.75) is 13.1 Å². The third-order valence-electron chi connectivity index (χ3n) is 6.55. The van der Waals surface area contributed by atoms with E-state index in [1.807, 2.05) is 60.7 Å². The van der Waals surface area contributed by atoms with Gasteiger partial charge in [-0.05, 0) is 42.4 Å². The van der Waals surface area contributed by atoms with Crippen molar-refractivity contribution in [2.75, 3.05) is 38.1 Å². The van der Waals surface area contributed by atoms with Crippen LogP contribution in [0.3, 0.4) is 0 Å². The van der Waals surface area contributed by atoms with E-state index in [0.29, 0.717) is 22.5 Å². The summed E-state index contributed by atoms with van der Waals surface area (Å²) in [6.07, 6.45) is 0. The molecule has 1 aliphatic rings. The summed E-state index contributed by atoms with van der Waals surface area (Å²) >= 11 is 10.0. The fourth-order valence-corrected chi connectivity index (χ4v) is 5.08. The number of likely N-dealkylation sites (N-methyl/N-ethyl adjacent to an activating group) is 1. The smallest absolute Gasteiger partial charge is 0.332 e. The van der Waals surface area contributed by atoms with Gasteiger partial charge in [0.1, 0.15) is 0 Å². The van der Waals surface area contributed by atoms with Gasteiger partial charge in [-0.15, -0.1) is 0 Å². The highest BCUT2D eigenvalue weighted by Gasteiger charge is 2.23. The number of piperazine rings is 1. The topological polar surface area (TPSA) is 50.5 Å². The first-order valence-corrected chi connectivity index (χ1v) is 12.8. The zero-order valence-corrected chi connectivity index (χ0v) is 21.8. The molecule has 0 aliphatic carbocycles. The summed E-state index contributed by atoms with van der Waals surface area (Å²) in [7, 11) is 2.09. The molecule has 1 aliphatic heterocycles. The molecule has 0 radical (unpaired) electrons. The molecule has 6 nitrogen and oxygen atoms in total. The lowest BCUT2D eigenvalue weighted by Gasteiger charge is -2.34. The Morgan fingerprint density at radius 1 is 0.829 bits per heavy atom. The number of benzene rings is 3. The first-order chi connectivity index (χ1) is 16.9. The lowest BCUT2D eigenvalue weighted by Crippen LogP contribution is -2.46. The minimum Gasteiger partial charge on any atom is -0.368 e. The van der Waals surface area contributed by atoms with Crippen LogP contribution in [0.25, 0.3) is 10.9 Å². The van der Waals surface area contributed by atoms with E-state index in [-0.39, 0.29) is 17.8 Å². The van der Waals surface area contributed by atoms with E-state index in [9.17, 15) is 9.59 Å². The molecule has 0 atom stereocenters. The lowest BCUT2D eigenvalue weighted by molar-refractivity contribution is 0.313. The molecule has 0 N–H and O–H groups in total. The molecule has 35 heavy (non-hydrogen) atoms. The van der Waals surface area contributed by atoms with Gasteiger partial charge in [-0.3, -0.25) is 13.9 Å². The highest BCUT2D eigenvalue weighted by atomic mass is 79.9. The molecule has 5 rings (SSSR count). The Balaban J connectivity index is 1.75. The molecule has 4 aromatic rings. The van der Waals surface area contributed by atoms with Crippen LogP contribution in [-0.2, 0) is 13.1 Å². The standard InChI is InChI=1S/C27H26BrClN4O2/c1-30-11-13-31(14-12-30)23-15-22(29)16-24-25(23)26(34)33(18-20-7-9-21(28)10-8-20)27(35)32(24)17-19-5-3-2-4-6-19/h2-10,15-16H,11-14,17-18H2,1H3. The van der Waals surface area contributed by atoms with Crippen molar-refractivity contribution in [2.24, 2.45) is 0 Å². The number of aromatic nitrogens is 2. The molecule has 1 aromatic heterocycles. The number of rotatable bonds is 5. The van der Waals surface area contributed by atoms with E-state index in [1.165, 1.54) is 4.57 Å². The highest BCUT2D eigenvalue weighted by Crippen LogP contribution is 2.29. The second-order valence-electron chi connectivity index (χ2n) is 8.98. The summed E-state index contributed by atoms with van der Waals surface area (Å²) in [5.41, 5.74) is 2.58. The van der Waals surface area contributed by atoms with E-state index in [0.717, 1.165) is 47.5 Å². The van der Waals surface area contributed by atoms with Crippen molar-refractivity contribution in [3.8, 4) is 0 Å². The van der Waals surface area contributed by atoms with E-state index in [1.54, 1.807) is 10.6 Å². The average Bonchev–Trinajstić information content (AvgIpc) is 2.86. The zero-order chi connectivity index (χ0) is 24.5. The van der Waals surface area contributed by atoms with Gasteiger partial charge in [-0.25, -0.2) is 4.79 Å². The van der Waals surface area contributed by atoms with Crippen LogP contribution < -0.4 is 16.1 Å². The van der Waals surface area contributed by atoms with Crippen LogP contribution in [0.15, 0.2) is 80.8 Å². The molecule has 180 valence electrons. The monoisotopic (exact) mass is 552 g/mol. The maximum atomic E-state index is 13.9. The fourth-order valence-electron chi connectivity index (χ4n) is 4.61. The number of hydrogen-bond acceptors (Lipinski definition) is 4. The van der Waals surface area contributed by atoms with Crippen molar-refractivity contribution in [3.05, 3.63) is 108 Å². The van der Waals surface area contributed by atoms with Crippen molar-refractivity contribution in [1.82, 2.24) is 14.0 Å². The van der Waals surface area contributed by atoms with E-state index >= 15 is 0 Å². The Labute approximate surface area is 217 Å². The number of fused-ring (bicyclic) bond motifs is 1. The Hall–Kier alpha value is -2.87. The molecule has 0 unspecified atom stereocenters. The maximum absolute atomic E-state index is 13.9. The molecule has 1 fully saturated rings. The Kier molecular flexibility index (Phi) is 6.82. The van der Waals surface area contributed by atoms with E-state index < -0.39 is 0 Å².